The van der Waals surface area contributed by atoms with Crippen molar-refractivity contribution in [2.75, 3.05) is 29.5 Å². The summed E-state index contributed by atoms with van der Waals surface area (Å²) in [6, 6.07) is 15.3. The largest absolute Gasteiger partial charge is 0.432 e. The molecule has 0 saturated carbocycles. The van der Waals surface area contributed by atoms with Crippen LogP contribution in [0.25, 0.3) is 0 Å². The first kappa shape index (κ1) is 29.0. The van der Waals surface area contributed by atoms with E-state index >= 15 is 0 Å². The van der Waals surface area contributed by atoms with E-state index in [0.29, 0.717) is 26.1 Å². The topological polar surface area (TPSA) is 111 Å². The van der Waals surface area contributed by atoms with Crippen molar-refractivity contribution in [3.8, 4) is 0 Å². The molecule has 10 heteroatoms. The summed E-state index contributed by atoms with van der Waals surface area (Å²) in [6.45, 7) is 7.22. The zero-order chi connectivity index (χ0) is 29.8. The summed E-state index contributed by atoms with van der Waals surface area (Å²) < 4.78 is 6.81. The number of nitrogens with zero attached hydrogens (tertiary/aromatic N) is 3. The summed E-state index contributed by atoms with van der Waals surface area (Å²) in [5, 5.41) is 9.80. The van der Waals surface area contributed by atoms with Gasteiger partial charge in [0.1, 0.15) is 0 Å². The van der Waals surface area contributed by atoms with Crippen molar-refractivity contribution in [1.29, 1.82) is 0 Å². The van der Waals surface area contributed by atoms with Gasteiger partial charge in [0.2, 0.25) is 11.8 Å². The second kappa shape index (κ2) is 10.9. The molecule has 0 unspecified atom stereocenters. The molecule has 3 amide bonds. The third kappa shape index (κ3) is 4.69. The van der Waals surface area contributed by atoms with Crippen LogP contribution in [0, 0.1) is 5.92 Å². The summed E-state index contributed by atoms with van der Waals surface area (Å²) in [5.41, 5.74) is 1.61. The zero-order valence-corrected chi connectivity index (χ0v) is 25.7. The van der Waals surface area contributed by atoms with Crippen molar-refractivity contribution in [2.24, 2.45) is 5.92 Å². The van der Waals surface area contributed by atoms with Crippen molar-refractivity contribution in [1.82, 2.24) is 4.90 Å². The summed E-state index contributed by atoms with van der Waals surface area (Å²) in [4.78, 5) is 57.3. The van der Waals surface area contributed by atoms with Crippen LogP contribution in [0.3, 0.4) is 0 Å². The smallest absolute Gasteiger partial charge is 0.264 e. The van der Waals surface area contributed by atoms with E-state index in [9.17, 15) is 24.3 Å². The van der Waals surface area contributed by atoms with E-state index in [0.717, 1.165) is 41.8 Å². The third-order valence-corrected chi connectivity index (χ3v) is 12.3. The minimum atomic E-state index is -2.91. The molecule has 4 heterocycles. The van der Waals surface area contributed by atoms with Crippen LogP contribution in [-0.2, 0) is 31.3 Å². The Morgan fingerprint density at radius 3 is 2.60 bits per heavy atom. The van der Waals surface area contributed by atoms with Crippen molar-refractivity contribution in [2.45, 2.75) is 82.0 Å². The molecule has 2 aromatic rings. The van der Waals surface area contributed by atoms with Gasteiger partial charge < -0.3 is 29.3 Å². The summed E-state index contributed by atoms with van der Waals surface area (Å²) in [6.07, 6.45) is 2.44. The van der Waals surface area contributed by atoms with E-state index < -0.39 is 20.0 Å². The first-order valence-corrected chi connectivity index (χ1v) is 18.2. The number of aliphatic hydroxyl groups is 1. The molecule has 42 heavy (non-hydrogen) atoms. The number of fused-ring (bicyclic) bond motifs is 2. The van der Waals surface area contributed by atoms with E-state index in [1.807, 2.05) is 68.5 Å². The number of hydrogen-bond donors (Lipinski definition) is 2. The first-order valence-electron chi connectivity index (χ1n) is 15.2. The molecule has 3 saturated heterocycles. The van der Waals surface area contributed by atoms with E-state index in [4.69, 9.17) is 4.74 Å². The maximum Gasteiger partial charge on any atom is 0.264 e. The van der Waals surface area contributed by atoms with Crippen molar-refractivity contribution >= 4 is 37.4 Å². The highest BCUT2D eigenvalue weighted by molar-refractivity contribution is 6.71. The van der Waals surface area contributed by atoms with E-state index in [2.05, 4.69) is 0 Å². The van der Waals surface area contributed by atoms with Crippen molar-refractivity contribution in [3.05, 3.63) is 59.7 Å². The van der Waals surface area contributed by atoms with Gasteiger partial charge in [-0.25, -0.2) is 0 Å². The predicted molar refractivity (Wildman–Crippen MR) is 161 cm³/mol. The number of hydrogen-bond acceptors (Lipinski definition) is 6. The van der Waals surface area contributed by atoms with E-state index in [1.165, 1.54) is 0 Å². The van der Waals surface area contributed by atoms with Crippen LogP contribution < -0.4 is 9.80 Å². The quantitative estimate of drug-likeness (QED) is 0.477. The summed E-state index contributed by atoms with van der Waals surface area (Å²) in [7, 11) is -2.91. The molecule has 6 rings (SSSR count). The van der Waals surface area contributed by atoms with Crippen LogP contribution >= 0.6 is 0 Å². The van der Waals surface area contributed by atoms with E-state index in [-0.39, 0.29) is 48.3 Å². The normalized spacial score (nSPS) is 29.3. The average molecular weight is 592 g/mol. The Hall–Kier alpha value is -3.05. The highest BCUT2D eigenvalue weighted by atomic mass is 28.4. The summed E-state index contributed by atoms with van der Waals surface area (Å²) in [5.74, 6) is -0.538. The molecule has 224 valence electrons. The Bertz CT molecular complexity index is 1390. The molecule has 2 aromatic carbocycles. The number of rotatable bonds is 7. The van der Waals surface area contributed by atoms with Gasteiger partial charge in [0, 0.05) is 42.2 Å². The molecular weight excluding hydrogens is 550 g/mol. The average Bonchev–Trinajstić information content (AvgIpc) is 3.72. The van der Waals surface area contributed by atoms with Crippen LogP contribution in [0.4, 0.5) is 11.4 Å². The number of likely N-dealkylation sites (tertiary alicyclic amines) is 1. The SMILES string of the molecule is C[C@@H]1[C@@H]([Si](C)(C)O)[C@H](CC(=O)N2CCC[C@H]2CO)O[C@@]12C(=O)N(Cc1cccc(N3CCCC3=O)c1)c1ccccc12. The minimum absolute atomic E-state index is 0.0611. The number of benzene rings is 2. The number of anilines is 2. The van der Waals surface area contributed by atoms with Crippen LogP contribution in [-0.4, -0.2) is 72.7 Å². The molecule has 0 aliphatic carbocycles. The number of para-hydroxylation sites is 1. The molecule has 5 atom stereocenters. The first-order chi connectivity index (χ1) is 20.1. The van der Waals surface area contributed by atoms with Gasteiger partial charge in [-0.15, -0.1) is 0 Å². The van der Waals surface area contributed by atoms with Gasteiger partial charge in [-0.2, -0.15) is 0 Å². The number of amides is 3. The van der Waals surface area contributed by atoms with E-state index in [1.54, 1.807) is 14.7 Å². The van der Waals surface area contributed by atoms with Crippen LogP contribution in [0.2, 0.25) is 18.6 Å². The van der Waals surface area contributed by atoms with Gasteiger partial charge in [0.05, 0.1) is 37.4 Å². The fourth-order valence-corrected chi connectivity index (χ4v) is 10.5. The molecule has 0 aromatic heterocycles. The Morgan fingerprint density at radius 1 is 1.10 bits per heavy atom. The Labute approximate surface area is 248 Å². The molecule has 9 nitrogen and oxygen atoms in total. The second-order valence-electron chi connectivity index (χ2n) is 12.9. The molecule has 0 radical (unpaired) electrons. The molecular formula is C32H41N3O6Si. The maximum atomic E-state index is 14.6. The van der Waals surface area contributed by atoms with Gasteiger partial charge in [0.15, 0.2) is 13.9 Å². The molecule has 3 fully saturated rings. The Kier molecular flexibility index (Phi) is 7.53. The molecule has 0 bridgehead atoms. The highest BCUT2D eigenvalue weighted by Gasteiger charge is 2.66. The lowest BCUT2D eigenvalue weighted by atomic mass is 9.82. The number of ether oxygens (including phenoxy) is 1. The predicted octanol–water partition coefficient (Wildman–Crippen LogP) is 3.53. The van der Waals surface area contributed by atoms with Gasteiger partial charge in [-0.3, -0.25) is 14.4 Å². The van der Waals surface area contributed by atoms with Gasteiger partial charge in [0.25, 0.3) is 5.91 Å². The monoisotopic (exact) mass is 591 g/mol. The lowest BCUT2D eigenvalue weighted by Gasteiger charge is -2.32. The molecule has 4 aliphatic heterocycles. The van der Waals surface area contributed by atoms with Crippen LogP contribution in [0.15, 0.2) is 48.5 Å². The van der Waals surface area contributed by atoms with Gasteiger partial charge in [-0.05, 0) is 56.1 Å². The maximum absolute atomic E-state index is 14.6. The number of carbonyl (C=O) groups is 3. The van der Waals surface area contributed by atoms with Gasteiger partial charge in [-0.1, -0.05) is 37.3 Å². The zero-order valence-electron chi connectivity index (χ0n) is 24.7. The second-order valence-corrected chi connectivity index (χ2v) is 16.8. The van der Waals surface area contributed by atoms with Crippen LogP contribution in [0.1, 0.15) is 50.2 Å². The highest BCUT2D eigenvalue weighted by Crippen LogP contribution is 2.59. The number of aliphatic hydroxyl groups excluding tert-OH is 1. The number of carbonyl (C=O) groups excluding carboxylic acids is 3. The van der Waals surface area contributed by atoms with Crippen molar-refractivity contribution < 1.29 is 29.0 Å². The Balaban J connectivity index is 1.33. The fourth-order valence-electron chi connectivity index (χ4n) is 7.96. The van der Waals surface area contributed by atoms with Crippen molar-refractivity contribution in [3.63, 3.8) is 0 Å². The molecule has 4 aliphatic rings. The fraction of sp³-hybridized carbons (Fsp3) is 0.531. The Morgan fingerprint density at radius 2 is 1.88 bits per heavy atom. The lowest BCUT2D eigenvalue weighted by molar-refractivity contribution is -0.150. The molecule has 2 N–H and O–H groups in total. The molecule has 1 spiro atoms. The third-order valence-electron chi connectivity index (χ3n) is 9.81. The van der Waals surface area contributed by atoms with Crippen LogP contribution in [0.5, 0.6) is 0 Å². The summed E-state index contributed by atoms with van der Waals surface area (Å²) >= 11 is 0. The lowest BCUT2D eigenvalue weighted by Crippen LogP contribution is -2.46. The van der Waals surface area contributed by atoms with Gasteiger partial charge >= 0.3 is 0 Å². The standard InChI is InChI=1S/C32H41N3O6Si/c1-21-30(42(2,3)40)27(18-29(38)34-15-7-11-24(34)20-36)41-32(21)25-12-4-5-13-26(25)35(31(32)39)19-22-9-6-10-23(17-22)33-16-8-14-28(33)37/h4-6,9-10,12-13,17,21,24,27,30,36,40H,7-8,11,14-16,18-20H2,1-3H3/t21-,24+,27+,30-,32+/m1/s1. The minimum Gasteiger partial charge on any atom is -0.432 e.